The lowest BCUT2D eigenvalue weighted by atomic mass is 9.93. The molecule has 0 aliphatic carbocycles. The van der Waals surface area contributed by atoms with E-state index in [0.717, 1.165) is 66.3 Å². The first-order valence-corrected chi connectivity index (χ1v) is 26.9. The molecule has 0 aromatic heterocycles. The van der Waals surface area contributed by atoms with Crippen LogP contribution in [0.4, 0.5) is 0 Å². The first kappa shape index (κ1) is 54.8. The zero-order valence-corrected chi connectivity index (χ0v) is 43.3. The van der Waals surface area contributed by atoms with E-state index in [0.29, 0.717) is 6.61 Å². The number of aliphatic hydroxyl groups is 1. The van der Waals surface area contributed by atoms with Crippen molar-refractivity contribution >= 4 is 11.8 Å². The summed E-state index contributed by atoms with van der Waals surface area (Å²) < 4.78 is 61.3. The number of amides is 2. The van der Waals surface area contributed by atoms with Crippen LogP contribution in [0.5, 0.6) is 0 Å². The number of carbonyl (C=O) groups excluding carboxylic acids is 2. The van der Waals surface area contributed by atoms with Gasteiger partial charge in [0.1, 0.15) is 48.8 Å². The molecule has 400 valence electrons. The van der Waals surface area contributed by atoms with E-state index in [1.165, 1.54) is 4.90 Å². The summed E-state index contributed by atoms with van der Waals surface area (Å²) in [5, 5.41) is 12.8. The van der Waals surface area contributed by atoms with Gasteiger partial charge in [-0.1, -0.05) is 203 Å². The average Bonchev–Trinajstić information content (AvgIpc) is 3.78. The molecule has 0 radical (unpaired) electrons. The van der Waals surface area contributed by atoms with Gasteiger partial charge in [0.2, 0.25) is 0 Å². The molecule has 0 unspecified atom stereocenters. The minimum absolute atomic E-state index is 0.0281. The van der Waals surface area contributed by atoms with Gasteiger partial charge in [0.15, 0.2) is 12.6 Å². The highest BCUT2D eigenvalue weighted by molar-refractivity contribution is 6.21. The van der Waals surface area contributed by atoms with Crippen LogP contribution in [-0.4, -0.2) is 103 Å². The Hall–Kier alpha value is -5.94. The number of hydrogen-bond donors (Lipinski definition) is 1. The number of aliphatic hydroxyl groups excluding tert-OH is 1. The van der Waals surface area contributed by atoms with Crippen LogP contribution in [-0.2, 0) is 75.7 Å². The Morgan fingerprint density at radius 1 is 0.434 bits per heavy atom. The van der Waals surface area contributed by atoms with Gasteiger partial charge < -0.3 is 47.7 Å². The van der Waals surface area contributed by atoms with E-state index in [4.69, 9.17) is 42.6 Å². The van der Waals surface area contributed by atoms with Crippen LogP contribution in [0, 0.1) is 0 Å². The lowest BCUT2D eigenvalue weighted by Gasteiger charge is -2.50. The fourth-order valence-electron chi connectivity index (χ4n) is 10.1. The number of ether oxygens (including phenoxy) is 9. The maximum atomic E-state index is 14.7. The van der Waals surface area contributed by atoms with E-state index in [1.807, 2.05) is 152 Å². The van der Waals surface area contributed by atoms with Crippen molar-refractivity contribution in [2.24, 2.45) is 0 Å². The molecule has 0 saturated carbocycles. The molecule has 13 heteroatoms. The topological polar surface area (TPSA) is 141 Å². The van der Waals surface area contributed by atoms with Crippen molar-refractivity contribution in [2.45, 2.75) is 140 Å². The van der Waals surface area contributed by atoms with Crippen molar-refractivity contribution in [3.05, 3.63) is 215 Å². The minimum Gasteiger partial charge on any atom is -0.385 e. The molecular weight excluding hydrogens is 963 g/mol. The highest BCUT2D eigenvalue weighted by Crippen LogP contribution is 2.39. The molecule has 3 heterocycles. The Morgan fingerprint density at radius 2 is 0.829 bits per heavy atom. The molecule has 2 saturated heterocycles. The van der Waals surface area contributed by atoms with Crippen molar-refractivity contribution in [1.82, 2.24) is 4.90 Å². The maximum Gasteiger partial charge on any atom is 0.262 e. The van der Waals surface area contributed by atoms with Crippen LogP contribution >= 0.6 is 0 Å². The van der Waals surface area contributed by atoms with Crippen molar-refractivity contribution in [3.63, 3.8) is 0 Å². The molecule has 3 aliphatic heterocycles. The van der Waals surface area contributed by atoms with E-state index in [9.17, 15) is 14.7 Å². The summed E-state index contributed by atoms with van der Waals surface area (Å²) >= 11 is 0. The van der Waals surface area contributed by atoms with Crippen molar-refractivity contribution < 1.29 is 57.3 Å². The Balaban J connectivity index is 1.09. The lowest BCUT2D eigenvalue weighted by molar-refractivity contribution is -0.363. The summed E-state index contributed by atoms with van der Waals surface area (Å²) in [6.45, 7) is 3.42. The van der Waals surface area contributed by atoms with Gasteiger partial charge in [0, 0.05) is 6.61 Å². The summed E-state index contributed by atoms with van der Waals surface area (Å²) in [5.41, 5.74) is 5.08. The van der Waals surface area contributed by atoms with E-state index in [1.54, 1.807) is 24.3 Å². The third kappa shape index (κ3) is 14.5. The van der Waals surface area contributed by atoms with E-state index in [2.05, 4.69) is 6.92 Å². The minimum atomic E-state index is -1.46. The third-order valence-corrected chi connectivity index (χ3v) is 14.1. The molecule has 76 heavy (non-hydrogen) atoms. The smallest absolute Gasteiger partial charge is 0.262 e. The van der Waals surface area contributed by atoms with Crippen molar-refractivity contribution in [1.29, 1.82) is 0 Å². The standard InChI is InChI=1S/C63H71NO12/c1-2-3-4-5-6-24-37-70-62-54(64-60(66)50-35-22-23-36-51(50)61(64)67)58(72-41-48-31-18-10-19-32-48)57(53(74-62)44-69-39-46-27-14-8-15-28-46)76-63-55(65)59(73-42-49-33-20-11-21-34-49)56(71-40-47-29-16-9-17-30-47)52(75-63)43-68-38-45-25-12-7-13-26-45/h7-23,25-36,52-59,62-63,65H,2-6,24,37-44H2,1H3/t52-,53-,54-,55+,56-,57-,58-,59-,62-,63+/m1/s1. The predicted molar refractivity (Wildman–Crippen MR) is 286 cm³/mol. The molecule has 2 amide bonds. The fourth-order valence-corrected chi connectivity index (χ4v) is 10.1. The van der Waals surface area contributed by atoms with Gasteiger partial charge in [0.05, 0.1) is 57.4 Å². The number of benzene rings is 6. The largest absolute Gasteiger partial charge is 0.385 e. The third-order valence-electron chi connectivity index (χ3n) is 14.1. The second-order valence-electron chi connectivity index (χ2n) is 19.6. The summed E-state index contributed by atoms with van der Waals surface area (Å²) in [6.07, 6.45) is -3.88. The predicted octanol–water partition coefficient (Wildman–Crippen LogP) is 10.4. The van der Waals surface area contributed by atoms with Gasteiger partial charge >= 0.3 is 0 Å². The first-order valence-electron chi connectivity index (χ1n) is 26.9. The van der Waals surface area contributed by atoms with Crippen LogP contribution in [0.25, 0.3) is 0 Å². The summed E-state index contributed by atoms with van der Waals surface area (Å²) in [4.78, 5) is 30.7. The number of carbonyl (C=O) groups is 2. The summed E-state index contributed by atoms with van der Waals surface area (Å²) in [6, 6.07) is 54.4. The summed E-state index contributed by atoms with van der Waals surface area (Å²) in [7, 11) is 0. The van der Waals surface area contributed by atoms with Gasteiger partial charge in [-0.3, -0.25) is 14.5 Å². The van der Waals surface area contributed by atoms with Gasteiger partial charge in [0.25, 0.3) is 11.8 Å². The Morgan fingerprint density at radius 3 is 1.32 bits per heavy atom. The van der Waals surface area contributed by atoms with Gasteiger partial charge in [-0.25, -0.2) is 0 Å². The molecule has 10 atom stereocenters. The molecule has 6 aromatic carbocycles. The molecule has 3 aliphatic rings. The van der Waals surface area contributed by atoms with Crippen molar-refractivity contribution in [2.75, 3.05) is 19.8 Å². The van der Waals surface area contributed by atoms with E-state index in [-0.39, 0.29) is 57.4 Å². The second-order valence-corrected chi connectivity index (χ2v) is 19.6. The molecule has 0 spiro atoms. The van der Waals surface area contributed by atoms with Gasteiger partial charge in [-0.05, 0) is 46.4 Å². The number of hydrogen-bond acceptors (Lipinski definition) is 12. The zero-order valence-electron chi connectivity index (χ0n) is 43.3. The van der Waals surface area contributed by atoms with Crippen LogP contribution in [0.3, 0.4) is 0 Å². The first-order chi connectivity index (χ1) is 37.4. The lowest BCUT2D eigenvalue weighted by Crippen LogP contribution is -2.69. The van der Waals surface area contributed by atoms with E-state index < -0.39 is 73.2 Å². The number of nitrogens with zero attached hydrogens (tertiary/aromatic N) is 1. The highest BCUT2D eigenvalue weighted by Gasteiger charge is 2.57. The maximum absolute atomic E-state index is 14.7. The number of fused-ring (bicyclic) bond motifs is 1. The van der Waals surface area contributed by atoms with Gasteiger partial charge in [-0.15, -0.1) is 0 Å². The Bertz CT molecular complexity index is 2610. The van der Waals surface area contributed by atoms with Crippen LogP contribution < -0.4 is 0 Å². The molecule has 6 aromatic rings. The molecule has 2 fully saturated rings. The molecule has 9 rings (SSSR count). The number of imide groups is 1. The molecule has 1 N–H and O–H groups in total. The Labute approximate surface area is 446 Å². The number of rotatable bonds is 28. The molecule has 13 nitrogen and oxygen atoms in total. The van der Waals surface area contributed by atoms with Crippen LogP contribution in [0.1, 0.15) is 94.0 Å². The number of unbranched alkanes of at least 4 members (excludes halogenated alkanes) is 5. The monoisotopic (exact) mass is 1030 g/mol. The molecule has 0 bridgehead atoms. The van der Waals surface area contributed by atoms with Crippen LogP contribution in [0.15, 0.2) is 176 Å². The SMILES string of the molecule is CCCCCCCCO[C@@H]1O[C@H](COCc2ccccc2)[C@@H](O[C@@H]2O[C@H](COCc3ccccc3)[C@@H](OCc3ccccc3)[C@H](OCc3ccccc3)[C@@H]2O)[C@H](OCc2ccccc2)[C@H]1N1C(=O)c2ccccc2C1=O. The van der Waals surface area contributed by atoms with E-state index >= 15 is 0 Å². The summed E-state index contributed by atoms with van der Waals surface area (Å²) in [5.74, 6) is -1.02. The molecular formula is C63H71NO12. The van der Waals surface area contributed by atoms with Gasteiger partial charge in [-0.2, -0.15) is 0 Å². The van der Waals surface area contributed by atoms with Crippen molar-refractivity contribution in [3.8, 4) is 0 Å². The Kier molecular flexibility index (Phi) is 20.5. The second kappa shape index (κ2) is 28.4. The normalized spacial score (nSPS) is 24.4. The zero-order chi connectivity index (χ0) is 52.3. The highest BCUT2D eigenvalue weighted by atomic mass is 16.7. The quantitative estimate of drug-likeness (QED) is 0.0369. The van der Waals surface area contributed by atoms with Crippen LogP contribution in [0.2, 0.25) is 0 Å². The fraction of sp³-hybridized carbons (Fsp3) is 0.397. The average molecular weight is 1030 g/mol.